The van der Waals surface area contributed by atoms with Crippen molar-refractivity contribution >= 4 is 29.2 Å². The van der Waals surface area contributed by atoms with Gasteiger partial charge in [0.05, 0.1) is 17.8 Å². The molecule has 0 N–H and O–H groups in total. The molecule has 1 unspecified atom stereocenters. The Kier molecular flexibility index (Phi) is 5.48. The fraction of sp³-hybridized carbons (Fsp3) is 0.409. The lowest BCUT2D eigenvalue weighted by atomic mass is 9.79. The third-order valence-corrected chi connectivity index (χ3v) is 5.60. The van der Waals surface area contributed by atoms with Gasteiger partial charge in [-0.2, -0.15) is 0 Å². The van der Waals surface area contributed by atoms with Crippen LogP contribution in [0.4, 0.5) is 15.8 Å². The van der Waals surface area contributed by atoms with E-state index in [0.29, 0.717) is 27.9 Å². The van der Waals surface area contributed by atoms with Crippen LogP contribution in [0.3, 0.4) is 0 Å². The van der Waals surface area contributed by atoms with E-state index in [-0.39, 0.29) is 11.4 Å². The minimum Gasteiger partial charge on any atom is -0.495 e. The number of ether oxygens (including phenoxy) is 1. The lowest BCUT2D eigenvalue weighted by Gasteiger charge is -2.47. The molecule has 144 valence electrons. The van der Waals surface area contributed by atoms with E-state index >= 15 is 0 Å². The maximum absolute atomic E-state index is 14.8. The van der Waals surface area contributed by atoms with Gasteiger partial charge in [0.15, 0.2) is 0 Å². The number of fused-ring (bicyclic) bond motifs is 1. The highest BCUT2D eigenvalue weighted by Gasteiger charge is 2.36. The van der Waals surface area contributed by atoms with E-state index in [9.17, 15) is 4.39 Å². The number of hydrogen-bond donors (Lipinski definition) is 0. The van der Waals surface area contributed by atoms with Crippen molar-refractivity contribution in [2.24, 2.45) is 4.99 Å². The first-order chi connectivity index (χ1) is 12.8. The van der Waals surface area contributed by atoms with E-state index in [2.05, 4.69) is 37.6 Å². The van der Waals surface area contributed by atoms with E-state index in [1.54, 1.807) is 37.6 Å². The summed E-state index contributed by atoms with van der Waals surface area (Å²) in [6, 6.07) is 8.83. The smallest absolute Gasteiger partial charge is 0.137 e. The van der Waals surface area contributed by atoms with Gasteiger partial charge in [-0.25, -0.2) is 4.39 Å². The fourth-order valence-electron chi connectivity index (χ4n) is 4.10. The number of methoxy groups -OCH3 is 1. The molecule has 0 aromatic heterocycles. The molecule has 1 atom stereocenters. The van der Waals surface area contributed by atoms with Crippen molar-refractivity contribution in [1.82, 2.24) is 0 Å². The van der Waals surface area contributed by atoms with E-state index < -0.39 is 0 Å². The summed E-state index contributed by atoms with van der Waals surface area (Å²) in [6.07, 6.45) is 2.60. The predicted octanol–water partition coefficient (Wildman–Crippen LogP) is 6.35. The summed E-state index contributed by atoms with van der Waals surface area (Å²) in [5.74, 6) is 0.688. The van der Waals surface area contributed by atoms with E-state index in [0.717, 1.165) is 18.7 Å². The largest absolute Gasteiger partial charge is 0.495 e. The van der Waals surface area contributed by atoms with Crippen LogP contribution in [0.2, 0.25) is 5.02 Å². The molecule has 0 radical (unpaired) electrons. The maximum atomic E-state index is 14.8. The summed E-state index contributed by atoms with van der Waals surface area (Å²) >= 11 is 6.14. The van der Waals surface area contributed by atoms with Gasteiger partial charge < -0.3 is 9.64 Å². The fourth-order valence-corrected chi connectivity index (χ4v) is 4.35. The van der Waals surface area contributed by atoms with Crippen LogP contribution in [0, 0.1) is 5.82 Å². The summed E-state index contributed by atoms with van der Waals surface area (Å²) in [4.78, 5) is 6.68. The van der Waals surface area contributed by atoms with Gasteiger partial charge in [-0.05, 0) is 69.0 Å². The number of anilines is 1. The minimum atomic E-state index is -0.263. The Balaban J connectivity index is 1.97. The van der Waals surface area contributed by atoms with Crippen molar-refractivity contribution in [1.29, 1.82) is 0 Å². The van der Waals surface area contributed by atoms with Crippen LogP contribution in [0.25, 0.3) is 0 Å². The van der Waals surface area contributed by atoms with Crippen molar-refractivity contribution < 1.29 is 9.13 Å². The van der Waals surface area contributed by atoms with Crippen LogP contribution < -0.4 is 9.64 Å². The highest BCUT2D eigenvalue weighted by Crippen LogP contribution is 2.43. The second-order valence-electron chi connectivity index (χ2n) is 7.67. The SMILES string of the molecule is CCN1c2cc(F)c(C=Nc3ccc(OC)c(Cl)c3)cc2C(C)CC1(C)C. The molecule has 0 saturated heterocycles. The average Bonchev–Trinajstić information content (AvgIpc) is 2.60. The zero-order valence-corrected chi connectivity index (χ0v) is 17.3. The molecular weight excluding hydrogens is 363 g/mol. The molecular formula is C22H26ClFN2O. The molecule has 27 heavy (non-hydrogen) atoms. The Morgan fingerprint density at radius 2 is 2.07 bits per heavy atom. The van der Waals surface area contributed by atoms with Crippen molar-refractivity contribution in [2.45, 2.75) is 45.6 Å². The van der Waals surface area contributed by atoms with Crippen molar-refractivity contribution in [3.05, 3.63) is 52.3 Å². The first-order valence-corrected chi connectivity index (χ1v) is 9.63. The molecule has 5 heteroatoms. The van der Waals surface area contributed by atoms with Gasteiger partial charge >= 0.3 is 0 Å². The molecule has 3 nitrogen and oxygen atoms in total. The average molecular weight is 389 g/mol. The predicted molar refractivity (Wildman–Crippen MR) is 112 cm³/mol. The summed E-state index contributed by atoms with van der Waals surface area (Å²) < 4.78 is 19.9. The first kappa shape index (κ1) is 19.7. The Labute approximate surface area is 165 Å². The highest BCUT2D eigenvalue weighted by molar-refractivity contribution is 6.32. The third kappa shape index (κ3) is 3.81. The molecule has 0 bridgehead atoms. The number of hydrogen-bond acceptors (Lipinski definition) is 3. The van der Waals surface area contributed by atoms with Gasteiger partial charge in [0, 0.05) is 29.5 Å². The lowest BCUT2D eigenvalue weighted by molar-refractivity contribution is 0.380. The molecule has 0 aliphatic carbocycles. The molecule has 1 aliphatic heterocycles. The zero-order chi connectivity index (χ0) is 19.8. The normalized spacial score (nSPS) is 18.6. The molecule has 0 amide bonds. The summed E-state index contributed by atoms with van der Waals surface area (Å²) in [7, 11) is 1.56. The molecule has 2 aromatic carbocycles. The van der Waals surface area contributed by atoms with Crippen molar-refractivity contribution in [2.75, 3.05) is 18.6 Å². The quantitative estimate of drug-likeness (QED) is 0.570. The summed E-state index contributed by atoms with van der Waals surface area (Å²) in [5.41, 5.74) is 3.32. The third-order valence-electron chi connectivity index (χ3n) is 5.31. The minimum absolute atomic E-state index is 0.0169. The van der Waals surface area contributed by atoms with Crippen LogP contribution in [0.1, 0.15) is 51.2 Å². The summed E-state index contributed by atoms with van der Waals surface area (Å²) in [5, 5.41) is 0.479. The molecule has 1 aliphatic rings. The van der Waals surface area contributed by atoms with Gasteiger partial charge in [0.2, 0.25) is 0 Å². The number of benzene rings is 2. The molecule has 0 spiro atoms. The van der Waals surface area contributed by atoms with Crippen LogP contribution in [0.5, 0.6) is 5.75 Å². The van der Waals surface area contributed by atoms with Gasteiger partial charge in [-0.1, -0.05) is 18.5 Å². The van der Waals surface area contributed by atoms with Gasteiger partial charge in [-0.3, -0.25) is 4.99 Å². The molecule has 2 aromatic rings. The van der Waals surface area contributed by atoms with Crippen LogP contribution in [-0.4, -0.2) is 25.4 Å². The van der Waals surface area contributed by atoms with Gasteiger partial charge in [0.1, 0.15) is 11.6 Å². The monoisotopic (exact) mass is 388 g/mol. The van der Waals surface area contributed by atoms with E-state index in [1.807, 2.05) is 6.07 Å². The Morgan fingerprint density at radius 1 is 1.33 bits per heavy atom. The molecule has 1 heterocycles. The summed E-state index contributed by atoms with van der Waals surface area (Å²) in [6.45, 7) is 9.61. The number of aliphatic imine (C=N–C) groups is 1. The Hall–Kier alpha value is -2.07. The second kappa shape index (κ2) is 7.51. The Bertz CT molecular complexity index is 879. The zero-order valence-electron chi connectivity index (χ0n) is 16.5. The first-order valence-electron chi connectivity index (χ1n) is 9.25. The van der Waals surface area contributed by atoms with Crippen molar-refractivity contribution in [3.8, 4) is 5.75 Å². The number of rotatable bonds is 4. The van der Waals surface area contributed by atoms with Crippen LogP contribution in [0.15, 0.2) is 35.3 Å². The number of halogens is 2. The lowest BCUT2D eigenvalue weighted by Crippen LogP contribution is -2.48. The van der Waals surface area contributed by atoms with Crippen molar-refractivity contribution in [3.63, 3.8) is 0 Å². The maximum Gasteiger partial charge on any atom is 0.137 e. The molecule has 0 fully saturated rings. The standard InChI is InChI=1S/C22H26ClFN2O/c1-6-26-20-11-19(24)15(9-17(20)14(2)12-22(26,3)4)13-25-16-7-8-21(27-5)18(23)10-16/h7-11,13-14H,6,12H2,1-5H3. The van der Waals surface area contributed by atoms with E-state index in [1.165, 1.54) is 5.56 Å². The highest BCUT2D eigenvalue weighted by atomic mass is 35.5. The number of nitrogens with zero attached hydrogens (tertiary/aromatic N) is 2. The van der Waals surface area contributed by atoms with Gasteiger partial charge in [0.25, 0.3) is 0 Å². The van der Waals surface area contributed by atoms with E-state index in [4.69, 9.17) is 16.3 Å². The van der Waals surface area contributed by atoms with Crippen LogP contribution in [-0.2, 0) is 0 Å². The molecule has 3 rings (SSSR count). The second-order valence-corrected chi connectivity index (χ2v) is 8.08. The van der Waals surface area contributed by atoms with Gasteiger partial charge in [-0.15, -0.1) is 0 Å². The van der Waals surface area contributed by atoms with Crippen LogP contribution >= 0.6 is 11.6 Å². The molecule has 0 saturated carbocycles. The topological polar surface area (TPSA) is 24.8 Å². The Morgan fingerprint density at radius 3 is 2.70 bits per heavy atom.